The van der Waals surface area contributed by atoms with Crippen LogP contribution in [0.25, 0.3) is 0 Å². The highest BCUT2D eigenvalue weighted by atomic mass is 13.9. The molecular weight excluding hydrogens is 156 g/mol. The summed E-state index contributed by atoms with van der Waals surface area (Å²) < 4.78 is 0. The average molecular weight is 174 g/mol. The van der Waals surface area contributed by atoms with Gasteiger partial charge in [0.25, 0.3) is 0 Å². The van der Waals surface area contributed by atoms with Gasteiger partial charge in [0.2, 0.25) is 0 Å². The van der Waals surface area contributed by atoms with Crippen LogP contribution in [-0.4, -0.2) is 0 Å². The average Bonchev–Trinajstić information content (AvgIpc) is 2.18. The van der Waals surface area contributed by atoms with Crippen molar-refractivity contribution in [3.8, 4) is 0 Å². The topological polar surface area (TPSA) is 0 Å². The van der Waals surface area contributed by atoms with Crippen LogP contribution in [0.4, 0.5) is 0 Å². The summed E-state index contributed by atoms with van der Waals surface area (Å²) in [6, 6.07) is 0. The van der Waals surface area contributed by atoms with Gasteiger partial charge in [-0.15, -0.1) is 0 Å². The van der Waals surface area contributed by atoms with Crippen LogP contribution in [-0.2, 0) is 0 Å². The molecule has 0 saturated carbocycles. The number of rotatable bonds is 0. The minimum atomic E-state index is 1.22. The second-order valence-electron chi connectivity index (χ2n) is 3.26. The highest BCUT2D eigenvalue weighted by molar-refractivity contribution is 5.15. The van der Waals surface area contributed by atoms with E-state index in [2.05, 4.69) is 48.6 Å². The third-order valence-electron chi connectivity index (χ3n) is 2.07. The fourth-order valence-electron chi connectivity index (χ4n) is 1.31. The first-order chi connectivity index (χ1) is 6.50. The summed E-state index contributed by atoms with van der Waals surface area (Å²) in [5, 5.41) is 0. The first kappa shape index (κ1) is 10.0. The Kier molecular flexibility index (Phi) is 5.87. The Bertz CT molecular complexity index is 192. The highest BCUT2D eigenvalue weighted by Gasteiger charge is 1.85. The molecule has 0 heterocycles. The molecule has 0 unspecified atom stereocenters. The molecule has 0 aromatic heterocycles. The molecule has 1 aliphatic carbocycles. The van der Waals surface area contributed by atoms with Crippen molar-refractivity contribution < 1.29 is 0 Å². The van der Waals surface area contributed by atoms with Crippen molar-refractivity contribution in [1.29, 1.82) is 0 Å². The number of hydrogen-bond donors (Lipinski definition) is 0. The summed E-state index contributed by atoms with van der Waals surface area (Å²) in [5.74, 6) is 0. The molecule has 0 bridgehead atoms. The molecule has 70 valence electrons. The third-order valence-corrected chi connectivity index (χ3v) is 2.07. The molecule has 1 rings (SSSR count). The standard InChI is InChI=1S/C13H18/c1-2-4-6-8-10-12-13-11-9-7-5-3-1/h1-8H,9-13H2/b3-1+,4-2?,7-5+,8-6?. The second-order valence-corrected chi connectivity index (χ2v) is 3.26. The van der Waals surface area contributed by atoms with Gasteiger partial charge >= 0.3 is 0 Å². The first-order valence-corrected chi connectivity index (χ1v) is 5.15. The van der Waals surface area contributed by atoms with E-state index in [9.17, 15) is 0 Å². The molecule has 0 radical (unpaired) electrons. The zero-order chi connectivity index (χ0) is 9.19. The van der Waals surface area contributed by atoms with Crippen molar-refractivity contribution in [3.63, 3.8) is 0 Å². The van der Waals surface area contributed by atoms with Crippen LogP contribution >= 0.6 is 0 Å². The summed E-state index contributed by atoms with van der Waals surface area (Å²) in [7, 11) is 0. The zero-order valence-electron chi connectivity index (χ0n) is 8.15. The van der Waals surface area contributed by atoms with Crippen LogP contribution < -0.4 is 0 Å². The van der Waals surface area contributed by atoms with Crippen molar-refractivity contribution in [2.24, 2.45) is 0 Å². The van der Waals surface area contributed by atoms with Crippen molar-refractivity contribution in [3.05, 3.63) is 48.6 Å². The molecular formula is C13H18. The van der Waals surface area contributed by atoms with Crippen LogP contribution in [0.2, 0.25) is 0 Å². The molecule has 0 fully saturated rings. The van der Waals surface area contributed by atoms with Gasteiger partial charge < -0.3 is 0 Å². The minimum Gasteiger partial charge on any atom is -0.0845 e. The van der Waals surface area contributed by atoms with Crippen LogP contribution in [0, 0.1) is 0 Å². The Morgan fingerprint density at radius 3 is 1.46 bits per heavy atom. The van der Waals surface area contributed by atoms with Gasteiger partial charge in [0.1, 0.15) is 0 Å². The van der Waals surface area contributed by atoms with E-state index in [1.54, 1.807) is 0 Å². The monoisotopic (exact) mass is 174 g/mol. The Morgan fingerprint density at radius 1 is 0.462 bits per heavy atom. The van der Waals surface area contributed by atoms with E-state index in [1.807, 2.05) is 0 Å². The molecule has 1 aliphatic rings. The maximum absolute atomic E-state index is 2.25. The summed E-state index contributed by atoms with van der Waals surface area (Å²) in [5.41, 5.74) is 0. The van der Waals surface area contributed by atoms with E-state index < -0.39 is 0 Å². The van der Waals surface area contributed by atoms with E-state index in [-0.39, 0.29) is 0 Å². The van der Waals surface area contributed by atoms with E-state index in [0.717, 1.165) is 0 Å². The van der Waals surface area contributed by atoms with Crippen LogP contribution in [0.1, 0.15) is 32.1 Å². The molecule has 0 amide bonds. The fourth-order valence-corrected chi connectivity index (χ4v) is 1.31. The first-order valence-electron chi connectivity index (χ1n) is 5.15. The molecule has 0 atom stereocenters. The normalized spacial score (nSPS) is 24.0. The lowest BCUT2D eigenvalue weighted by atomic mass is 10.1. The molecule has 0 spiro atoms. The SMILES string of the molecule is C1=C/C=C/C=C/CCCCCC=C1. The molecule has 0 heteroatoms. The summed E-state index contributed by atoms with van der Waals surface area (Å²) in [6.45, 7) is 0. The Labute approximate surface area is 81.4 Å². The van der Waals surface area contributed by atoms with E-state index >= 15 is 0 Å². The number of allylic oxidation sites excluding steroid dienone is 8. The van der Waals surface area contributed by atoms with Gasteiger partial charge in [-0.2, -0.15) is 0 Å². The van der Waals surface area contributed by atoms with Gasteiger partial charge in [-0.3, -0.25) is 0 Å². The predicted octanol–water partition coefficient (Wildman–Crippen LogP) is 4.18. The largest absolute Gasteiger partial charge is 0.0845 e. The van der Waals surface area contributed by atoms with Crippen LogP contribution in [0.15, 0.2) is 48.6 Å². The van der Waals surface area contributed by atoms with E-state index in [0.29, 0.717) is 0 Å². The molecule has 0 aliphatic heterocycles. The van der Waals surface area contributed by atoms with Gasteiger partial charge in [-0.05, 0) is 25.7 Å². The highest BCUT2D eigenvalue weighted by Crippen LogP contribution is 2.04. The zero-order valence-corrected chi connectivity index (χ0v) is 8.15. The summed E-state index contributed by atoms with van der Waals surface area (Å²) in [6.07, 6.45) is 23.5. The lowest BCUT2D eigenvalue weighted by molar-refractivity contribution is 0.696. The number of hydrogen-bond acceptors (Lipinski definition) is 0. The molecule has 0 N–H and O–H groups in total. The maximum Gasteiger partial charge on any atom is -0.0348 e. The quantitative estimate of drug-likeness (QED) is 0.517. The van der Waals surface area contributed by atoms with E-state index in [4.69, 9.17) is 0 Å². The van der Waals surface area contributed by atoms with E-state index in [1.165, 1.54) is 32.1 Å². The summed E-state index contributed by atoms with van der Waals surface area (Å²) >= 11 is 0. The van der Waals surface area contributed by atoms with Gasteiger partial charge in [0, 0.05) is 0 Å². The maximum atomic E-state index is 2.25. The fraction of sp³-hybridized carbons (Fsp3) is 0.385. The van der Waals surface area contributed by atoms with Crippen molar-refractivity contribution in [1.82, 2.24) is 0 Å². The smallest absolute Gasteiger partial charge is 0.0348 e. The Morgan fingerprint density at radius 2 is 0.923 bits per heavy atom. The van der Waals surface area contributed by atoms with Gasteiger partial charge in [-0.1, -0.05) is 55.0 Å². The van der Waals surface area contributed by atoms with Crippen molar-refractivity contribution in [2.75, 3.05) is 0 Å². The van der Waals surface area contributed by atoms with Crippen LogP contribution in [0.5, 0.6) is 0 Å². The van der Waals surface area contributed by atoms with Crippen LogP contribution in [0.3, 0.4) is 0 Å². The molecule has 13 heavy (non-hydrogen) atoms. The lowest BCUT2D eigenvalue weighted by Crippen LogP contribution is -1.74. The molecule has 0 nitrogen and oxygen atoms in total. The molecule has 0 aromatic carbocycles. The second kappa shape index (κ2) is 7.60. The summed E-state index contributed by atoms with van der Waals surface area (Å²) in [4.78, 5) is 0. The minimum absolute atomic E-state index is 1.22. The van der Waals surface area contributed by atoms with Gasteiger partial charge in [0.05, 0.1) is 0 Å². The molecule has 0 aromatic rings. The lowest BCUT2D eigenvalue weighted by Gasteiger charge is -1.93. The Hall–Kier alpha value is -1.04. The van der Waals surface area contributed by atoms with Crippen molar-refractivity contribution >= 4 is 0 Å². The predicted molar refractivity (Wildman–Crippen MR) is 59.6 cm³/mol. The molecule has 0 saturated heterocycles. The Balaban J connectivity index is 2.39. The van der Waals surface area contributed by atoms with Crippen molar-refractivity contribution in [2.45, 2.75) is 32.1 Å². The van der Waals surface area contributed by atoms with Gasteiger partial charge in [-0.25, -0.2) is 0 Å². The van der Waals surface area contributed by atoms with Gasteiger partial charge in [0.15, 0.2) is 0 Å². The third kappa shape index (κ3) is 6.15.